The number of nitrogens with one attached hydrogen (secondary N) is 1. The standard InChI is InChI=1S/C31H30ClF3N4O6S/c1-19-14-21(20(2)39(19)25-9-7-6-8-24(25)31(33,34)35)17-36-37-30(40)18-38(26-15-22(32)10-12-27(26)43-3)46(41,42)23-11-13-28(44-4)29(16-23)45-5/h6-17H,18H2,1-5H3,(H,37,40)/b36-17-. The highest BCUT2D eigenvalue weighted by atomic mass is 35.5. The van der Waals surface area contributed by atoms with Crippen LogP contribution in [0.3, 0.4) is 0 Å². The summed E-state index contributed by atoms with van der Waals surface area (Å²) in [5.41, 5.74) is 2.79. The zero-order chi connectivity index (χ0) is 33.8. The van der Waals surface area contributed by atoms with Crippen LogP contribution in [0.4, 0.5) is 18.9 Å². The Kier molecular flexibility index (Phi) is 10.2. The van der Waals surface area contributed by atoms with E-state index in [4.69, 9.17) is 25.8 Å². The molecule has 1 N–H and O–H groups in total. The summed E-state index contributed by atoms with van der Waals surface area (Å²) in [6.07, 6.45) is -3.31. The first-order valence-electron chi connectivity index (χ1n) is 13.5. The minimum absolute atomic E-state index is 0.0178. The number of aromatic nitrogens is 1. The van der Waals surface area contributed by atoms with Crippen molar-refractivity contribution in [1.82, 2.24) is 9.99 Å². The molecule has 1 aromatic heterocycles. The average molecular weight is 679 g/mol. The maximum atomic E-state index is 14.0. The number of rotatable bonds is 11. The zero-order valence-corrected chi connectivity index (χ0v) is 26.9. The Morgan fingerprint density at radius 2 is 1.61 bits per heavy atom. The molecular weight excluding hydrogens is 649 g/mol. The number of hydrogen-bond acceptors (Lipinski definition) is 7. The van der Waals surface area contributed by atoms with E-state index in [9.17, 15) is 26.4 Å². The SMILES string of the molecule is COc1ccc(S(=O)(=O)N(CC(=O)N/N=C\c2cc(C)n(-c3ccccc3C(F)(F)F)c2C)c2cc(Cl)ccc2OC)cc1OC. The van der Waals surface area contributed by atoms with Gasteiger partial charge in [-0.1, -0.05) is 23.7 Å². The lowest BCUT2D eigenvalue weighted by molar-refractivity contribution is -0.137. The Labute approximate surface area is 269 Å². The van der Waals surface area contributed by atoms with Gasteiger partial charge in [0.05, 0.1) is 49.4 Å². The highest BCUT2D eigenvalue weighted by molar-refractivity contribution is 7.92. The summed E-state index contributed by atoms with van der Waals surface area (Å²) >= 11 is 6.20. The largest absolute Gasteiger partial charge is 0.495 e. The summed E-state index contributed by atoms with van der Waals surface area (Å²) in [5, 5.41) is 4.14. The van der Waals surface area contributed by atoms with Gasteiger partial charge in [-0.05, 0) is 62.4 Å². The Morgan fingerprint density at radius 1 is 0.957 bits per heavy atom. The number of sulfonamides is 1. The molecule has 0 aliphatic rings. The molecule has 0 aliphatic carbocycles. The topological polar surface area (TPSA) is 111 Å². The highest BCUT2D eigenvalue weighted by Gasteiger charge is 2.34. The van der Waals surface area contributed by atoms with Crippen LogP contribution in [0, 0.1) is 13.8 Å². The molecule has 0 spiro atoms. The van der Waals surface area contributed by atoms with E-state index in [1.807, 2.05) is 0 Å². The molecule has 0 unspecified atom stereocenters. The molecule has 0 fully saturated rings. The number of aryl methyl sites for hydroxylation is 1. The van der Waals surface area contributed by atoms with Gasteiger partial charge in [0.15, 0.2) is 11.5 Å². The maximum absolute atomic E-state index is 14.0. The first-order valence-corrected chi connectivity index (χ1v) is 15.3. The van der Waals surface area contributed by atoms with Gasteiger partial charge < -0.3 is 18.8 Å². The van der Waals surface area contributed by atoms with Gasteiger partial charge >= 0.3 is 6.18 Å². The van der Waals surface area contributed by atoms with E-state index < -0.39 is 34.2 Å². The monoisotopic (exact) mass is 678 g/mol. The van der Waals surface area contributed by atoms with Crippen molar-refractivity contribution in [2.75, 3.05) is 32.2 Å². The molecule has 0 saturated heterocycles. The van der Waals surface area contributed by atoms with Crippen LogP contribution in [0.1, 0.15) is 22.5 Å². The maximum Gasteiger partial charge on any atom is 0.418 e. The third kappa shape index (κ3) is 7.07. The number of alkyl halides is 3. The summed E-state index contributed by atoms with van der Waals surface area (Å²) in [5.74, 6) is -0.275. The van der Waals surface area contributed by atoms with Crippen LogP contribution in [-0.2, 0) is 21.0 Å². The molecule has 4 aromatic rings. The van der Waals surface area contributed by atoms with Crippen LogP contribution >= 0.6 is 11.6 Å². The number of amides is 1. The molecule has 0 saturated carbocycles. The van der Waals surface area contributed by atoms with Crippen LogP contribution in [0.15, 0.2) is 76.7 Å². The zero-order valence-electron chi connectivity index (χ0n) is 25.3. The van der Waals surface area contributed by atoms with E-state index in [-0.39, 0.29) is 32.8 Å². The van der Waals surface area contributed by atoms with Crippen molar-refractivity contribution >= 4 is 39.4 Å². The molecule has 46 heavy (non-hydrogen) atoms. The fourth-order valence-electron chi connectivity index (χ4n) is 4.80. The second-order valence-electron chi connectivity index (χ2n) is 9.81. The number of benzene rings is 3. The number of hydrazone groups is 1. The van der Waals surface area contributed by atoms with E-state index in [0.717, 1.165) is 10.4 Å². The number of nitrogens with zero attached hydrogens (tertiary/aromatic N) is 3. The lowest BCUT2D eigenvalue weighted by Crippen LogP contribution is -2.39. The predicted octanol–water partition coefficient (Wildman–Crippen LogP) is 6.14. The molecule has 0 atom stereocenters. The van der Waals surface area contributed by atoms with Crippen LogP contribution in [0.5, 0.6) is 17.2 Å². The lowest BCUT2D eigenvalue weighted by Gasteiger charge is -2.25. The van der Waals surface area contributed by atoms with Crippen molar-refractivity contribution in [3.8, 4) is 22.9 Å². The summed E-state index contributed by atoms with van der Waals surface area (Å²) in [6, 6.07) is 15.0. The predicted molar refractivity (Wildman–Crippen MR) is 168 cm³/mol. The van der Waals surface area contributed by atoms with Crippen molar-refractivity contribution in [3.63, 3.8) is 0 Å². The van der Waals surface area contributed by atoms with Crippen molar-refractivity contribution in [3.05, 3.63) is 94.3 Å². The van der Waals surface area contributed by atoms with Crippen molar-refractivity contribution < 1.29 is 40.6 Å². The highest BCUT2D eigenvalue weighted by Crippen LogP contribution is 2.37. The van der Waals surface area contributed by atoms with Crippen LogP contribution in [0.25, 0.3) is 5.69 Å². The van der Waals surface area contributed by atoms with Crippen molar-refractivity contribution in [2.45, 2.75) is 24.9 Å². The smallest absolute Gasteiger partial charge is 0.418 e. The summed E-state index contributed by atoms with van der Waals surface area (Å²) in [4.78, 5) is 12.9. The summed E-state index contributed by atoms with van der Waals surface area (Å²) in [6.45, 7) is 2.51. The molecule has 15 heteroatoms. The quantitative estimate of drug-likeness (QED) is 0.151. The molecule has 3 aromatic carbocycles. The fraction of sp³-hybridized carbons (Fsp3) is 0.226. The minimum Gasteiger partial charge on any atom is -0.495 e. The van der Waals surface area contributed by atoms with Crippen LogP contribution in [0.2, 0.25) is 5.02 Å². The third-order valence-electron chi connectivity index (χ3n) is 6.95. The molecule has 1 heterocycles. The Morgan fingerprint density at radius 3 is 2.26 bits per heavy atom. The Balaban J connectivity index is 1.65. The van der Waals surface area contributed by atoms with Crippen molar-refractivity contribution in [2.24, 2.45) is 5.10 Å². The van der Waals surface area contributed by atoms with Gasteiger partial charge in [0, 0.05) is 28.0 Å². The molecule has 244 valence electrons. The number of halogens is 4. The molecule has 10 nitrogen and oxygen atoms in total. The van der Waals surface area contributed by atoms with Crippen LogP contribution < -0.4 is 23.9 Å². The van der Waals surface area contributed by atoms with Gasteiger partial charge in [-0.25, -0.2) is 13.8 Å². The second-order valence-corrected chi connectivity index (χ2v) is 12.1. The van der Waals surface area contributed by atoms with Gasteiger partial charge in [-0.2, -0.15) is 18.3 Å². The molecular formula is C31H30ClF3N4O6S. The normalized spacial score (nSPS) is 11.8. The summed E-state index contributed by atoms with van der Waals surface area (Å²) < 4.78 is 87.1. The van der Waals surface area contributed by atoms with E-state index in [1.165, 1.54) is 86.7 Å². The Hall–Kier alpha value is -4.69. The van der Waals surface area contributed by atoms with E-state index in [1.54, 1.807) is 19.9 Å². The minimum atomic E-state index is -4.57. The van der Waals surface area contributed by atoms with E-state index >= 15 is 0 Å². The Bertz CT molecular complexity index is 1890. The number of methoxy groups -OCH3 is 3. The van der Waals surface area contributed by atoms with Crippen molar-refractivity contribution in [1.29, 1.82) is 0 Å². The molecule has 0 aliphatic heterocycles. The molecule has 0 radical (unpaired) electrons. The van der Waals surface area contributed by atoms with E-state index in [0.29, 0.717) is 22.7 Å². The number of carbonyl (C=O) groups is 1. The third-order valence-corrected chi connectivity index (χ3v) is 8.94. The second kappa shape index (κ2) is 13.7. The van der Waals surface area contributed by atoms with Gasteiger partial charge in [0.2, 0.25) is 0 Å². The van der Waals surface area contributed by atoms with Gasteiger partial charge in [-0.3, -0.25) is 9.10 Å². The lowest BCUT2D eigenvalue weighted by atomic mass is 10.1. The number of hydrogen-bond donors (Lipinski definition) is 1. The number of para-hydroxylation sites is 1. The van der Waals surface area contributed by atoms with E-state index in [2.05, 4.69) is 10.5 Å². The molecule has 0 bridgehead atoms. The average Bonchev–Trinajstić information content (AvgIpc) is 3.30. The molecule has 4 rings (SSSR count). The van der Waals surface area contributed by atoms with Gasteiger partial charge in [-0.15, -0.1) is 0 Å². The molecule has 1 amide bonds. The van der Waals surface area contributed by atoms with Crippen LogP contribution in [-0.4, -0.2) is 53.0 Å². The summed E-state index contributed by atoms with van der Waals surface area (Å²) in [7, 11) is -0.350. The van der Waals surface area contributed by atoms with Gasteiger partial charge in [0.25, 0.3) is 15.9 Å². The first-order chi connectivity index (χ1) is 21.7. The number of anilines is 1. The number of carbonyl (C=O) groups excluding carboxylic acids is 1. The number of ether oxygens (including phenoxy) is 3. The fourth-order valence-corrected chi connectivity index (χ4v) is 6.40. The first kappa shape index (κ1) is 34.2. The van der Waals surface area contributed by atoms with Gasteiger partial charge in [0.1, 0.15) is 12.3 Å².